The number of ether oxygens (including phenoxy) is 2. The van der Waals surface area contributed by atoms with Crippen LogP contribution in [0.25, 0.3) is 12.2 Å². The Morgan fingerprint density at radius 3 is 2.33 bits per heavy atom. The van der Waals surface area contributed by atoms with Gasteiger partial charge in [-0.2, -0.15) is 0 Å². The minimum absolute atomic E-state index is 0.131. The monoisotopic (exact) mass is 487 g/mol. The molecule has 0 spiro atoms. The van der Waals surface area contributed by atoms with E-state index in [0.717, 1.165) is 29.8 Å². The van der Waals surface area contributed by atoms with Crippen LogP contribution < -0.4 is 14.4 Å². The third-order valence-corrected chi connectivity index (χ3v) is 12.1. The molecule has 0 saturated carbocycles. The Bertz CT molecular complexity index is 971. The number of hydrogen-bond acceptors (Lipinski definition) is 6. The lowest BCUT2D eigenvalue weighted by Crippen LogP contribution is -2.45. The molecular weight excluding hydrogens is 450 g/mol. The van der Waals surface area contributed by atoms with Crippen LogP contribution in [0.4, 0.5) is 5.69 Å². The summed E-state index contributed by atoms with van der Waals surface area (Å²) in [5.74, 6) is 1.20. The average molecular weight is 488 g/mol. The molecule has 1 aliphatic rings. The zero-order valence-electron chi connectivity index (χ0n) is 20.9. The lowest BCUT2D eigenvalue weighted by atomic mass is 10.1. The van der Waals surface area contributed by atoms with Gasteiger partial charge in [0, 0.05) is 18.8 Å². The van der Waals surface area contributed by atoms with Crippen molar-refractivity contribution in [3.05, 3.63) is 39.6 Å². The molecule has 0 bridgehead atoms. The van der Waals surface area contributed by atoms with Gasteiger partial charge in [-0.3, -0.25) is 4.79 Å². The third kappa shape index (κ3) is 5.89. The highest BCUT2D eigenvalue weighted by molar-refractivity contribution is 7.15. The number of thiophene rings is 1. The van der Waals surface area contributed by atoms with Crippen molar-refractivity contribution in [1.82, 2.24) is 0 Å². The lowest BCUT2D eigenvalue weighted by molar-refractivity contribution is 0.0493. The van der Waals surface area contributed by atoms with Gasteiger partial charge >= 0.3 is 0 Å². The zero-order chi connectivity index (χ0) is 24.2. The van der Waals surface area contributed by atoms with Gasteiger partial charge in [0.25, 0.3) is 0 Å². The predicted octanol–water partition coefficient (Wildman–Crippen LogP) is 6.74. The topological polar surface area (TPSA) is 48.0 Å². The summed E-state index contributed by atoms with van der Waals surface area (Å²) in [6.07, 6.45) is 4.67. The molecule has 7 heteroatoms. The average Bonchev–Trinajstić information content (AvgIpc) is 3.14. The number of hydrogen-bond donors (Lipinski definition) is 0. The molecule has 0 radical (unpaired) electrons. The Hall–Kier alpha value is -2.09. The van der Waals surface area contributed by atoms with Crippen LogP contribution in [0.1, 0.15) is 54.7 Å². The fraction of sp³-hybridized carbons (Fsp3) is 0.500. The molecule has 0 amide bonds. The number of aldehydes is 1. The van der Waals surface area contributed by atoms with Crippen molar-refractivity contribution in [3.63, 3.8) is 0 Å². The number of anilines is 1. The standard InChI is InChI=1S/C26H37NO4SSi/c1-8-27(9-2)20-13-10-19(11-14-20)12-15-22-24-25(23(16-28)32-22)31-21(17-29-24)18-30-33(6,7)26(3,4)5/h10-16,21H,8-9,17-18H2,1-7H3. The van der Waals surface area contributed by atoms with Crippen LogP contribution in [0, 0.1) is 0 Å². The summed E-state index contributed by atoms with van der Waals surface area (Å²) >= 11 is 1.39. The second kappa shape index (κ2) is 10.4. The quantitative estimate of drug-likeness (QED) is 0.290. The molecule has 1 aromatic heterocycles. The van der Waals surface area contributed by atoms with Crippen molar-refractivity contribution in [3.8, 4) is 11.5 Å². The number of fused-ring (bicyclic) bond motifs is 1. The van der Waals surface area contributed by atoms with Crippen molar-refractivity contribution in [2.75, 3.05) is 31.2 Å². The fourth-order valence-electron chi connectivity index (χ4n) is 3.40. The fourth-order valence-corrected chi connectivity index (χ4v) is 5.34. The number of rotatable bonds is 9. The van der Waals surface area contributed by atoms with E-state index >= 15 is 0 Å². The van der Waals surface area contributed by atoms with Gasteiger partial charge in [-0.1, -0.05) is 39.0 Å². The molecule has 0 fully saturated rings. The van der Waals surface area contributed by atoms with E-state index < -0.39 is 8.32 Å². The van der Waals surface area contributed by atoms with E-state index in [0.29, 0.717) is 29.6 Å². The number of carbonyl (C=O) groups is 1. The Balaban J connectivity index is 1.72. The molecule has 33 heavy (non-hydrogen) atoms. The van der Waals surface area contributed by atoms with E-state index in [2.05, 4.69) is 76.9 Å². The van der Waals surface area contributed by atoms with E-state index in [9.17, 15) is 4.79 Å². The molecule has 180 valence electrons. The van der Waals surface area contributed by atoms with E-state index in [1.807, 2.05) is 12.2 Å². The summed E-state index contributed by atoms with van der Waals surface area (Å²) in [7, 11) is -1.88. The summed E-state index contributed by atoms with van der Waals surface area (Å²) in [5.41, 5.74) is 2.31. The molecule has 1 aromatic carbocycles. The van der Waals surface area contributed by atoms with E-state index in [-0.39, 0.29) is 11.1 Å². The number of nitrogens with zero attached hydrogens (tertiary/aromatic N) is 1. The predicted molar refractivity (Wildman–Crippen MR) is 142 cm³/mol. The maximum Gasteiger partial charge on any atom is 0.192 e. The van der Waals surface area contributed by atoms with Crippen LogP contribution in [0.15, 0.2) is 24.3 Å². The van der Waals surface area contributed by atoms with E-state index in [4.69, 9.17) is 13.9 Å². The smallest absolute Gasteiger partial charge is 0.192 e. The van der Waals surface area contributed by atoms with Gasteiger partial charge in [-0.15, -0.1) is 11.3 Å². The highest BCUT2D eigenvalue weighted by atomic mass is 32.1. The van der Waals surface area contributed by atoms with Gasteiger partial charge in [-0.25, -0.2) is 0 Å². The molecular formula is C26H37NO4SSi. The molecule has 2 aromatic rings. The van der Waals surface area contributed by atoms with E-state index in [1.54, 1.807) is 0 Å². The van der Waals surface area contributed by atoms with Crippen LogP contribution in [-0.2, 0) is 4.43 Å². The highest BCUT2D eigenvalue weighted by Crippen LogP contribution is 2.45. The Morgan fingerprint density at radius 1 is 1.09 bits per heavy atom. The van der Waals surface area contributed by atoms with Crippen LogP contribution in [-0.4, -0.2) is 47.0 Å². The normalized spacial score (nSPS) is 16.3. The van der Waals surface area contributed by atoms with Gasteiger partial charge in [0.05, 0.1) is 11.5 Å². The highest BCUT2D eigenvalue weighted by Gasteiger charge is 2.38. The molecule has 0 saturated heterocycles. The summed E-state index contributed by atoms with van der Waals surface area (Å²) in [5, 5.41) is 0.131. The Morgan fingerprint density at radius 2 is 1.76 bits per heavy atom. The van der Waals surface area contributed by atoms with Crippen molar-refractivity contribution in [2.24, 2.45) is 0 Å². The SMILES string of the molecule is CCN(CC)c1ccc(C=Cc2sc(C=O)c3c2OCC(CO[Si](C)(C)C(C)(C)C)O3)cc1. The van der Waals surface area contributed by atoms with Crippen molar-refractivity contribution in [1.29, 1.82) is 0 Å². The van der Waals surface area contributed by atoms with Crippen LogP contribution in [0.3, 0.4) is 0 Å². The molecule has 0 N–H and O–H groups in total. The van der Waals surface area contributed by atoms with Crippen LogP contribution in [0.2, 0.25) is 18.1 Å². The van der Waals surface area contributed by atoms with Crippen molar-refractivity contribution in [2.45, 2.75) is 58.9 Å². The molecule has 0 aliphatic carbocycles. The van der Waals surface area contributed by atoms with E-state index in [1.165, 1.54) is 17.0 Å². The molecule has 1 unspecified atom stereocenters. The maximum atomic E-state index is 11.7. The lowest BCUT2D eigenvalue weighted by Gasteiger charge is -2.37. The van der Waals surface area contributed by atoms with Crippen LogP contribution >= 0.6 is 11.3 Å². The van der Waals surface area contributed by atoms with Gasteiger partial charge in [0.15, 0.2) is 32.2 Å². The molecule has 2 heterocycles. The van der Waals surface area contributed by atoms with Crippen molar-refractivity contribution < 1.29 is 18.7 Å². The minimum atomic E-state index is -1.88. The summed E-state index contributed by atoms with van der Waals surface area (Å²) in [6, 6.07) is 8.49. The van der Waals surface area contributed by atoms with Gasteiger partial charge < -0.3 is 18.8 Å². The summed E-state index contributed by atoms with van der Waals surface area (Å²) in [4.78, 5) is 15.5. The number of carbonyl (C=O) groups excluding carboxylic acids is 1. The Kier molecular flexibility index (Phi) is 8.08. The van der Waals surface area contributed by atoms with Crippen LogP contribution in [0.5, 0.6) is 11.5 Å². The van der Waals surface area contributed by atoms with Crippen molar-refractivity contribution >= 4 is 43.8 Å². The molecule has 1 atom stereocenters. The van der Waals surface area contributed by atoms with Gasteiger partial charge in [-0.05, 0) is 55.8 Å². The first-order valence-electron chi connectivity index (χ1n) is 11.7. The number of benzene rings is 1. The first-order chi connectivity index (χ1) is 15.6. The largest absolute Gasteiger partial charge is 0.484 e. The first-order valence-corrected chi connectivity index (χ1v) is 15.4. The summed E-state index contributed by atoms with van der Waals surface area (Å²) < 4.78 is 18.6. The molecule has 5 nitrogen and oxygen atoms in total. The van der Waals surface area contributed by atoms with Gasteiger partial charge in [0.1, 0.15) is 11.5 Å². The third-order valence-electron chi connectivity index (χ3n) is 6.56. The second-order valence-electron chi connectivity index (χ2n) is 9.83. The minimum Gasteiger partial charge on any atom is -0.484 e. The first kappa shape index (κ1) is 25.5. The summed E-state index contributed by atoms with van der Waals surface area (Å²) in [6.45, 7) is 18.3. The Labute approximate surface area is 203 Å². The molecule has 1 aliphatic heterocycles. The molecule has 3 rings (SSSR count). The zero-order valence-corrected chi connectivity index (χ0v) is 22.8. The second-order valence-corrected chi connectivity index (χ2v) is 15.7. The van der Waals surface area contributed by atoms with Gasteiger partial charge in [0.2, 0.25) is 0 Å². The maximum absolute atomic E-state index is 11.7.